The number of carbonyl (C=O) groups excluding carboxylic acids is 2. The Morgan fingerprint density at radius 2 is 1.85 bits per heavy atom. The second-order valence-corrected chi connectivity index (χ2v) is 6.07. The summed E-state index contributed by atoms with van der Waals surface area (Å²) in [5.74, 6) is -2.42. The summed E-state index contributed by atoms with van der Waals surface area (Å²) >= 11 is 3.45. The van der Waals surface area contributed by atoms with Gasteiger partial charge in [-0.05, 0) is 64.9 Å². The molecule has 2 aliphatic rings. The van der Waals surface area contributed by atoms with Crippen LogP contribution in [0.4, 0.5) is 5.69 Å². The van der Waals surface area contributed by atoms with Gasteiger partial charge in [0.25, 0.3) is 0 Å². The normalized spacial score (nSPS) is 22.6. The quantitative estimate of drug-likeness (QED) is 0.662. The van der Waals surface area contributed by atoms with Crippen molar-refractivity contribution in [3.05, 3.63) is 27.7 Å². The number of fused-ring (bicyclic) bond motifs is 1. The molecule has 1 aromatic carbocycles. The van der Waals surface area contributed by atoms with E-state index in [2.05, 4.69) is 21.2 Å². The van der Waals surface area contributed by atoms with Gasteiger partial charge in [0.05, 0.1) is 5.69 Å². The van der Waals surface area contributed by atoms with E-state index < -0.39 is 17.8 Å². The van der Waals surface area contributed by atoms with Crippen molar-refractivity contribution < 1.29 is 44.3 Å². The number of benzene rings is 1. The minimum Gasteiger partial charge on any atom is -0.550 e. The van der Waals surface area contributed by atoms with Crippen LogP contribution in [0.3, 0.4) is 0 Å². The summed E-state index contributed by atoms with van der Waals surface area (Å²) in [5.41, 5.74) is 3.32. The van der Waals surface area contributed by atoms with Gasteiger partial charge in [0, 0.05) is 22.3 Å². The summed E-state index contributed by atoms with van der Waals surface area (Å²) in [6.45, 7) is 0. The third kappa shape index (κ3) is 3.11. The number of carboxylic acids is 1. The molecule has 2 aliphatic carbocycles. The number of aliphatic carboxylic acids is 1. The van der Waals surface area contributed by atoms with E-state index in [0.717, 1.165) is 29.4 Å². The van der Waals surface area contributed by atoms with Gasteiger partial charge in [-0.1, -0.05) is 0 Å². The van der Waals surface area contributed by atoms with Crippen LogP contribution in [0.2, 0.25) is 0 Å². The number of carbonyl (C=O) groups is 2. The Bertz CT molecular complexity index is 576. The SMILES string of the molecule is O=C(Nc1cc2c(cc1Br)CCC2)[C@H]1C[C@H]1C(=O)[O-].[Na+]. The summed E-state index contributed by atoms with van der Waals surface area (Å²) < 4.78 is 0.854. The molecule has 0 spiro atoms. The van der Waals surface area contributed by atoms with Crippen LogP contribution in [-0.2, 0) is 22.4 Å². The van der Waals surface area contributed by atoms with Gasteiger partial charge in [-0.3, -0.25) is 4.79 Å². The van der Waals surface area contributed by atoms with Gasteiger partial charge in [0.15, 0.2) is 0 Å². The summed E-state index contributed by atoms with van der Waals surface area (Å²) in [7, 11) is 0. The first-order valence-corrected chi connectivity index (χ1v) is 7.18. The Balaban J connectivity index is 0.00000147. The molecule has 0 saturated heterocycles. The minimum absolute atomic E-state index is 0. The molecule has 20 heavy (non-hydrogen) atoms. The fourth-order valence-electron chi connectivity index (χ4n) is 2.66. The van der Waals surface area contributed by atoms with Crippen molar-refractivity contribution in [1.82, 2.24) is 0 Å². The summed E-state index contributed by atoms with van der Waals surface area (Å²) in [4.78, 5) is 22.6. The number of amides is 1. The molecule has 0 unspecified atom stereocenters. The summed E-state index contributed by atoms with van der Waals surface area (Å²) in [5, 5.41) is 13.5. The van der Waals surface area contributed by atoms with E-state index in [1.54, 1.807) is 0 Å². The summed E-state index contributed by atoms with van der Waals surface area (Å²) in [6.07, 6.45) is 3.65. The predicted molar refractivity (Wildman–Crippen MR) is 71.4 cm³/mol. The average molecular weight is 346 g/mol. The van der Waals surface area contributed by atoms with Crippen molar-refractivity contribution in [2.24, 2.45) is 11.8 Å². The zero-order valence-corrected chi connectivity index (χ0v) is 14.8. The van der Waals surface area contributed by atoms with E-state index in [4.69, 9.17) is 0 Å². The number of hydrogen-bond donors (Lipinski definition) is 1. The monoisotopic (exact) mass is 345 g/mol. The number of halogens is 1. The van der Waals surface area contributed by atoms with E-state index in [0.29, 0.717) is 6.42 Å². The van der Waals surface area contributed by atoms with E-state index in [-0.39, 0.29) is 35.5 Å². The molecule has 4 nitrogen and oxygen atoms in total. The molecule has 6 heteroatoms. The fourth-order valence-corrected chi connectivity index (χ4v) is 3.15. The van der Waals surface area contributed by atoms with Gasteiger partial charge in [-0.2, -0.15) is 0 Å². The third-order valence-electron chi connectivity index (χ3n) is 3.87. The van der Waals surface area contributed by atoms with Crippen LogP contribution in [0, 0.1) is 11.8 Å². The molecular formula is C14H13BrNNaO3. The molecule has 1 N–H and O–H groups in total. The van der Waals surface area contributed by atoms with Crippen molar-refractivity contribution in [1.29, 1.82) is 0 Å². The molecule has 3 rings (SSSR count). The van der Waals surface area contributed by atoms with E-state index in [1.807, 2.05) is 12.1 Å². The van der Waals surface area contributed by atoms with Crippen LogP contribution in [0.25, 0.3) is 0 Å². The molecule has 100 valence electrons. The zero-order chi connectivity index (χ0) is 13.6. The number of hydrogen-bond acceptors (Lipinski definition) is 3. The zero-order valence-electron chi connectivity index (χ0n) is 11.2. The standard InChI is InChI=1S/C14H14BrNO3.Na/c15-11-4-7-2-1-3-8(7)5-12(11)16-13(17)9-6-10(9)14(18)19;/h4-5,9-10H,1-3,6H2,(H,16,17)(H,18,19);/q;+1/p-1/t9-,10+;/m0./s1. The van der Waals surface area contributed by atoms with Gasteiger partial charge in [-0.25, -0.2) is 0 Å². The number of rotatable bonds is 3. The van der Waals surface area contributed by atoms with E-state index in [9.17, 15) is 14.7 Å². The maximum atomic E-state index is 11.9. The largest absolute Gasteiger partial charge is 1.00 e. The van der Waals surface area contributed by atoms with Crippen molar-refractivity contribution in [3.8, 4) is 0 Å². The molecule has 0 aromatic heterocycles. The summed E-state index contributed by atoms with van der Waals surface area (Å²) in [6, 6.07) is 4.03. The Morgan fingerprint density at radius 1 is 1.20 bits per heavy atom. The maximum Gasteiger partial charge on any atom is 1.00 e. The van der Waals surface area contributed by atoms with E-state index in [1.165, 1.54) is 11.1 Å². The number of aryl methyl sites for hydroxylation is 2. The van der Waals surface area contributed by atoms with Crippen LogP contribution in [0.1, 0.15) is 24.0 Å². The van der Waals surface area contributed by atoms with E-state index >= 15 is 0 Å². The van der Waals surface area contributed by atoms with Crippen LogP contribution < -0.4 is 40.0 Å². The van der Waals surface area contributed by atoms with Crippen LogP contribution in [-0.4, -0.2) is 11.9 Å². The van der Waals surface area contributed by atoms with Crippen molar-refractivity contribution >= 4 is 33.5 Å². The first-order chi connectivity index (χ1) is 9.06. The molecule has 1 amide bonds. The second kappa shape index (κ2) is 6.18. The van der Waals surface area contributed by atoms with Crippen LogP contribution in [0.15, 0.2) is 16.6 Å². The smallest absolute Gasteiger partial charge is 0.550 e. The first kappa shape index (κ1) is 16.0. The average Bonchev–Trinajstić information content (AvgIpc) is 3.05. The molecule has 0 heterocycles. The molecule has 1 saturated carbocycles. The maximum absolute atomic E-state index is 11.9. The number of nitrogens with one attached hydrogen (secondary N) is 1. The second-order valence-electron chi connectivity index (χ2n) is 5.21. The molecule has 1 fully saturated rings. The van der Waals surface area contributed by atoms with Crippen LogP contribution in [0.5, 0.6) is 0 Å². The Hall–Kier alpha value is -0.360. The topological polar surface area (TPSA) is 69.2 Å². The molecule has 2 atom stereocenters. The molecule has 1 aromatic rings. The number of carboxylic acid groups (broad SMARTS) is 1. The van der Waals surface area contributed by atoms with Gasteiger partial charge in [-0.15, -0.1) is 0 Å². The first-order valence-electron chi connectivity index (χ1n) is 6.39. The Morgan fingerprint density at radius 3 is 2.45 bits per heavy atom. The molecule has 0 aliphatic heterocycles. The minimum atomic E-state index is -1.13. The van der Waals surface area contributed by atoms with Gasteiger partial charge >= 0.3 is 29.6 Å². The molecule has 0 radical (unpaired) electrons. The Kier molecular flexibility index (Phi) is 4.95. The molecular weight excluding hydrogens is 333 g/mol. The number of anilines is 1. The third-order valence-corrected chi connectivity index (χ3v) is 4.53. The van der Waals surface area contributed by atoms with Gasteiger partial charge < -0.3 is 15.2 Å². The van der Waals surface area contributed by atoms with Crippen molar-refractivity contribution in [3.63, 3.8) is 0 Å². The molecule has 0 bridgehead atoms. The fraction of sp³-hybridized carbons (Fsp3) is 0.429. The van der Waals surface area contributed by atoms with Crippen LogP contribution >= 0.6 is 15.9 Å². The Labute approximate surface area is 147 Å². The van der Waals surface area contributed by atoms with Crippen molar-refractivity contribution in [2.75, 3.05) is 5.32 Å². The van der Waals surface area contributed by atoms with Gasteiger partial charge in [0.2, 0.25) is 5.91 Å². The van der Waals surface area contributed by atoms with Crippen molar-refractivity contribution in [2.45, 2.75) is 25.7 Å². The van der Waals surface area contributed by atoms with Gasteiger partial charge in [0.1, 0.15) is 0 Å². The predicted octanol–water partition coefficient (Wildman–Crippen LogP) is -1.73.